The van der Waals surface area contributed by atoms with E-state index in [9.17, 15) is 14.7 Å². The molecule has 8 atom stereocenters. The lowest BCUT2D eigenvalue weighted by Crippen LogP contribution is -2.71. The van der Waals surface area contributed by atoms with E-state index in [1.807, 2.05) is 0 Å². The zero-order valence-corrected chi connectivity index (χ0v) is 27.3. The average molecular weight is 568 g/mol. The molecule has 0 aromatic heterocycles. The second kappa shape index (κ2) is 9.32. The van der Waals surface area contributed by atoms with E-state index in [1.165, 1.54) is 24.8 Å². The molecule has 0 saturated heterocycles. The zero-order valence-electron chi connectivity index (χ0n) is 27.3. The van der Waals surface area contributed by atoms with Crippen LogP contribution < -0.4 is 5.32 Å². The van der Waals surface area contributed by atoms with Crippen molar-refractivity contribution in [1.82, 2.24) is 5.32 Å². The highest BCUT2D eigenvalue weighted by Crippen LogP contribution is 2.77. The van der Waals surface area contributed by atoms with Gasteiger partial charge in [0.05, 0.1) is 0 Å². The van der Waals surface area contributed by atoms with Gasteiger partial charge in [0.2, 0.25) is 0 Å². The predicted octanol–water partition coefficient (Wildman–Crippen LogP) is 8.34. The summed E-state index contributed by atoms with van der Waals surface area (Å²) in [6, 6.07) is 0. The van der Waals surface area contributed by atoms with Gasteiger partial charge >= 0.3 is 6.09 Å². The number of Topliss-reactive ketones (excluding diaryl/α,β-unsaturated/α-hetero) is 1. The Hall–Kier alpha value is -1.36. The average Bonchev–Trinajstić information content (AvgIpc) is 3.47. The summed E-state index contributed by atoms with van der Waals surface area (Å²) in [6.45, 7) is 18.9. The Morgan fingerprint density at radius 3 is 2.20 bits per heavy atom. The summed E-state index contributed by atoms with van der Waals surface area (Å²) >= 11 is 0. The summed E-state index contributed by atoms with van der Waals surface area (Å²) < 4.78 is 5.75. The van der Waals surface area contributed by atoms with Crippen molar-refractivity contribution in [2.24, 2.45) is 50.7 Å². The molecule has 0 bridgehead atoms. The molecule has 230 valence electrons. The van der Waals surface area contributed by atoms with Crippen molar-refractivity contribution in [3.63, 3.8) is 0 Å². The zero-order chi connectivity index (χ0) is 29.8. The number of hydrogen-bond acceptors (Lipinski definition) is 4. The molecule has 6 aliphatic carbocycles. The SMILES string of the molecule is CC(C)C1=C2[C@H]3CC[C@@H]4[C@@]5(C)CC[C@@](O)(NC(=O)OC6CCCC6)C(C)(C)[C@@H]5CC[C@@]4(C)[C@]3(C)CC[C@@]2(C)CC1=O. The fraction of sp³-hybridized carbons (Fsp3) is 0.889. The topological polar surface area (TPSA) is 75.6 Å². The number of carbonyl (C=O) groups excluding carboxylic acids is 2. The number of nitrogens with one attached hydrogen (secondary N) is 1. The summed E-state index contributed by atoms with van der Waals surface area (Å²) in [5, 5.41) is 15.1. The third-order valence-electron chi connectivity index (χ3n) is 14.9. The standard InChI is InChI=1S/C36H57NO4/c1-22(2)28-25(38)21-32(5)17-19-34(7)24(29(28)32)13-14-27-33(6)18-20-36(40,37-30(39)41-23-11-9-10-12-23)31(3,4)26(33)15-16-35(27,34)8/h22-24,26-27,40H,9-21H2,1-8H3,(H,37,39)/t24-,26+,27-,32+,33+,34-,35-,36+/m1/s1. The van der Waals surface area contributed by atoms with Crippen LogP contribution in [0.3, 0.4) is 0 Å². The van der Waals surface area contributed by atoms with Crippen molar-refractivity contribution in [2.75, 3.05) is 0 Å². The Morgan fingerprint density at radius 1 is 0.854 bits per heavy atom. The summed E-state index contributed by atoms with van der Waals surface area (Å²) in [6.07, 6.45) is 12.7. The van der Waals surface area contributed by atoms with E-state index >= 15 is 0 Å². The second-order valence-electron chi connectivity index (χ2n) is 17.3. The minimum atomic E-state index is -1.27. The van der Waals surface area contributed by atoms with Crippen LogP contribution in [0.25, 0.3) is 0 Å². The Balaban J connectivity index is 1.30. The van der Waals surface area contributed by atoms with Gasteiger partial charge in [0.1, 0.15) is 11.8 Å². The van der Waals surface area contributed by atoms with Crippen LogP contribution in [0.2, 0.25) is 0 Å². The van der Waals surface area contributed by atoms with E-state index in [1.54, 1.807) is 5.57 Å². The van der Waals surface area contributed by atoms with Gasteiger partial charge in [-0.2, -0.15) is 0 Å². The van der Waals surface area contributed by atoms with Gasteiger partial charge in [0.15, 0.2) is 5.78 Å². The van der Waals surface area contributed by atoms with Crippen molar-refractivity contribution in [3.8, 4) is 0 Å². The lowest BCUT2D eigenvalue weighted by Gasteiger charge is -2.72. The first-order valence-corrected chi connectivity index (χ1v) is 17.0. The highest BCUT2D eigenvalue weighted by atomic mass is 16.6. The van der Waals surface area contributed by atoms with E-state index < -0.39 is 17.2 Å². The van der Waals surface area contributed by atoms with Crippen LogP contribution in [0.15, 0.2) is 11.1 Å². The second-order valence-corrected chi connectivity index (χ2v) is 17.3. The normalized spacial score (nSPS) is 47.5. The first-order chi connectivity index (χ1) is 19.0. The van der Waals surface area contributed by atoms with Crippen molar-refractivity contribution in [3.05, 3.63) is 11.1 Å². The third kappa shape index (κ3) is 3.95. The molecule has 0 radical (unpaired) electrons. The summed E-state index contributed by atoms with van der Waals surface area (Å²) in [7, 11) is 0. The maximum absolute atomic E-state index is 13.4. The van der Waals surface area contributed by atoms with E-state index in [-0.39, 0.29) is 27.8 Å². The Labute approximate surface area is 249 Å². The van der Waals surface area contributed by atoms with E-state index in [0.717, 1.165) is 51.4 Å². The van der Waals surface area contributed by atoms with Crippen LogP contribution >= 0.6 is 0 Å². The molecule has 2 N–H and O–H groups in total. The molecule has 6 rings (SSSR count). The predicted molar refractivity (Wildman–Crippen MR) is 162 cm³/mol. The first-order valence-electron chi connectivity index (χ1n) is 17.0. The van der Waals surface area contributed by atoms with Crippen molar-refractivity contribution in [1.29, 1.82) is 0 Å². The quantitative estimate of drug-likeness (QED) is 0.336. The molecule has 5 fully saturated rings. The summed E-state index contributed by atoms with van der Waals surface area (Å²) in [4.78, 5) is 26.3. The van der Waals surface area contributed by atoms with Crippen LogP contribution in [-0.4, -0.2) is 28.8 Å². The molecule has 1 amide bonds. The van der Waals surface area contributed by atoms with E-state index in [0.29, 0.717) is 42.3 Å². The Morgan fingerprint density at radius 2 is 1.54 bits per heavy atom. The van der Waals surface area contributed by atoms with Crippen molar-refractivity contribution >= 4 is 11.9 Å². The molecule has 41 heavy (non-hydrogen) atoms. The number of fused-ring (bicyclic) bond motifs is 7. The molecule has 0 aromatic carbocycles. The van der Waals surface area contributed by atoms with Crippen LogP contribution in [0.1, 0.15) is 139 Å². The molecule has 0 spiro atoms. The number of ether oxygens (including phenoxy) is 1. The van der Waals surface area contributed by atoms with E-state index in [4.69, 9.17) is 4.74 Å². The molecule has 0 aromatic rings. The number of hydrogen-bond donors (Lipinski definition) is 2. The number of rotatable bonds is 3. The van der Waals surface area contributed by atoms with Crippen LogP contribution in [0.5, 0.6) is 0 Å². The molecule has 5 nitrogen and oxygen atoms in total. The van der Waals surface area contributed by atoms with Gasteiger partial charge in [-0.25, -0.2) is 4.79 Å². The molecule has 0 heterocycles. The molecule has 5 saturated carbocycles. The fourth-order valence-corrected chi connectivity index (χ4v) is 12.4. The monoisotopic (exact) mass is 567 g/mol. The summed E-state index contributed by atoms with van der Waals surface area (Å²) in [5.74, 6) is 2.08. The van der Waals surface area contributed by atoms with Crippen LogP contribution in [0.4, 0.5) is 4.79 Å². The Kier molecular flexibility index (Phi) is 6.75. The maximum Gasteiger partial charge on any atom is 0.409 e. The largest absolute Gasteiger partial charge is 0.446 e. The van der Waals surface area contributed by atoms with Gasteiger partial charge in [0, 0.05) is 11.8 Å². The number of alkyl carbamates (subject to hydrolysis) is 1. The highest BCUT2D eigenvalue weighted by molar-refractivity contribution is 6.00. The number of allylic oxidation sites excluding steroid dienone is 2. The minimum Gasteiger partial charge on any atom is -0.446 e. The van der Waals surface area contributed by atoms with Crippen LogP contribution in [-0.2, 0) is 9.53 Å². The molecular formula is C36H57NO4. The summed E-state index contributed by atoms with van der Waals surface area (Å²) in [5.41, 5.74) is 1.47. The van der Waals surface area contributed by atoms with Gasteiger partial charge in [0.25, 0.3) is 0 Å². The van der Waals surface area contributed by atoms with Gasteiger partial charge in [-0.1, -0.05) is 61.0 Å². The van der Waals surface area contributed by atoms with Crippen LogP contribution in [0, 0.1) is 50.7 Å². The maximum atomic E-state index is 13.4. The lowest BCUT2D eigenvalue weighted by molar-refractivity contribution is -0.256. The number of ketones is 1. The molecule has 5 heteroatoms. The lowest BCUT2D eigenvalue weighted by atomic mass is 9.32. The van der Waals surface area contributed by atoms with Crippen molar-refractivity contribution < 1.29 is 19.4 Å². The fourth-order valence-electron chi connectivity index (χ4n) is 12.4. The third-order valence-corrected chi connectivity index (χ3v) is 14.9. The number of carbonyl (C=O) groups is 2. The smallest absolute Gasteiger partial charge is 0.409 e. The first kappa shape index (κ1) is 29.7. The highest BCUT2D eigenvalue weighted by Gasteiger charge is 2.71. The van der Waals surface area contributed by atoms with Gasteiger partial charge in [-0.3, -0.25) is 10.1 Å². The van der Waals surface area contributed by atoms with Gasteiger partial charge in [-0.15, -0.1) is 0 Å². The van der Waals surface area contributed by atoms with Gasteiger partial charge in [-0.05, 0) is 128 Å². The van der Waals surface area contributed by atoms with Gasteiger partial charge < -0.3 is 9.84 Å². The molecule has 0 unspecified atom stereocenters. The number of aliphatic hydroxyl groups is 1. The Bertz CT molecular complexity index is 1150. The molecular weight excluding hydrogens is 510 g/mol. The van der Waals surface area contributed by atoms with E-state index in [2.05, 4.69) is 60.7 Å². The molecule has 6 aliphatic rings. The number of amides is 1. The van der Waals surface area contributed by atoms with Crippen molar-refractivity contribution in [2.45, 2.75) is 151 Å². The minimum absolute atomic E-state index is 0.0132. The molecule has 0 aliphatic heterocycles.